The zero-order chi connectivity index (χ0) is 13.1. The van der Waals surface area contributed by atoms with Gasteiger partial charge in [0.25, 0.3) is 0 Å². The average Bonchev–Trinajstić information content (AvgIpc) is 2.78. The molecule has 5 nitrogen and oxygen atoms in total. The fraction of sp³-hybridized carbons (Fsp3) is 0.167. The van der Waals surface area contributed by atoms with Crippen molar-refractivity contribution in [2.45, 2.75) is 12.5 Å². The summed E-state index contributed by atoms with van der Waals surface area (Å²) in [7, 11) is 0. The van der Waals surface area contributed by atoms with E-state index < -0.39 is 11.0 Å². The van der Waals surface area contributed by atoms with Gasteiger partial charge >= 0.3 is 5.88 Å². The molecule has 2 rings (SSSR count). The quantitative estimate of drug-likeness (QED) is 0.694. The van der Waals surface area contributed by atoms with Crippen molar-refractivity contribution < 1.29 is 9.34 Å². The third-order valence-corrected chi connectivity index (χ3v) is 3.00. The van der Waals surface area contributed by atoms with Gasteiger partial charge in [0.2, 0.25) is 0 Å². The first kappa shape index (κ1) is 12.8. The van der Waals surface area contributed by atoms with Crippen LogP contribution in [0, 0.1) is 10.1 Å². The first-order valence-corrected chi connectivity index (χ1v) is 6.09. The van der Waals surface area contributed by atoms with E-state index in [0.29, 0.717) is 12.2 Å². The fourth-order valence-corrected chi connectivity index (χ4v) is 2.10. The van der Waals surface area contributed by atoms with Gasteiger partial charge in [0.15, 0.2) is 0 Å². The Morgan fingerprint density at radius 3 is 2.78 bits per heavy atom. The minimum atomic E-state index is -0.574. The largest absolute Gasteiger partial charge is 0.433 e. The molecule has 0 fully saturated rings. The summed E-state index contributed by atoms with van der Waals surface area (Å²) >= 11 is 3.38. The van der Waals surface area contributed by atoms with Crippen LogP contribution in [0.2, 0.25) is 0 Å². The predicted octanol–water partition coefficient (Wildman–Crippen LogP) is 3.19. The second-order valence-electron chi connectivity index (χ2n) is 3.87. The molecule has 0 amide bonds. The lowest BCUT2D eigenvalue weighted by Gasteiger charge is -2.08. The number of rotatable bonds is 4. The van der Waals surface area contributed by atoms with E-state index in [-0.39, 0.29) is 5.88 Å². The van der Waals surface area contributed by atoms with Gasteiger partial charge in [0.05, 0.1) is 12.1 Å². The maximum Gasteiger partial charge on any atom is 0.433 e. The van der Waals surface area contributed by atoms with Gasteiger partial charge in [0, 0.05) is 4.47 Å². The number of halogens is 1. The van der Waals surface area contributed by atoms with Gasteiger partial charge in [0.1, 0.15) is 10.7 Å². The van der Waals surface area contributed by atoms with Crippen molar-refractivity contribution in [1.82, 2.24) is 0 Å². The van der Waals surface area contributed by atoms with E-state index in [1.807, 2.05) is 24.3 Å². The lowest BCUT2D eigenvalue weighted by Crippen LogP contribution is -2.12. The number of nitro groups is 1. The third-order valence-electron chi connectivity index (χ3n) is 2.50. The summed E-state index contributed by atoms with van der Waals surface area (Å²) in [6, 6.07) is 10.2. The van der Waals surface area contributed by atoms with Crippen LogP contribution in [0.1, 0.15) is 17.4 Å². The monoisotopic (exact) mass is 310 g/mol. The minimum absolute atomic E-state index is 0.283. The Hall–Kier alpha value is -1.66. The van der Waals surface area contributed by atoms with Crippen molar-refractivity contribution in [3.05, 3.63) is 62.3 Å². The average molecular weight is 311 g/mol. The molecule has 0 spiro atoms. The Kier molecular flexibility index (Phi) is 3.78. The predicted molar refractivity (Wildman–Crippen MR) is 70.1 cm³/mol. The molecule has 6 heteroatoms. The van der Waals surface area contributed by atoms with Crippen molar-refractivity contribution in [3.8, 4) is 0 Å². The summed E-state index contributed by atoms with van der Waals surface area (Å²) in [4.78, 5) is 9.93. The summed E-state index contributed by atoms with van der Waals surface area (Å²) in [6.07, 6.45) is 0.560. The van der Waals surface area contributed by atoms with Crippen molar-refractivity contribution in [1.29, 1.82) is 0 Å². The van der Waals surface area contributed by atoms with Crippen molar-refractivity contribution in [3.63, 3.8) is 0 Å². The van der Waals surface area contributed by atoms with Crippen LogP contribution < -0.4 is 5.73 Å². The number of furan rings is 1. The molecule has 1 aromatic heterocycles. The Bertz CT molecular complexity index is 568. The summed E-state index contributed by atoms with van der Waals surface area (Å²) in [5, 5.41) is 10.5. The fourth-order valence-electron chi connectivity index (χ4n) is 1.66. The molecule has 1 aromatic carbocycles. The molecule has 0 aliphatic heterocycles. The number of nitrogens with zero attached hydrogens (tertiary/aromatic N) is 1. The standard InChI is InChI=1S/C12H11BrN2O3/c13-9-3-1-2-8(6-9)7-10(14)11-4-5-12(18-11)15(16)17/h1-6,10H,7,14H2. The van der Waals surface area contributed by atoms with Crippen LogP contribution in [0.4, 0.5) is 5.88 Å². The highest BCUT2D eigenvalue weighted by Crippen LogP contribution is 2.23. The molecule has 1 unspecified atom stereocenters. The molecule has 2 N–H and O–H groups in total. The van der Waals surface area contributed by atoms with Crippen molar-refractivity contribution in [2.24, 2.45) is 5.73 Å². The van der Waals surface area contributed by atoms with Gasteiger partial charge in [-0.1, -0.05) is 28.1 Å². The molecule has 0 bridgehead atoms. The van der Waals surface area contributed by atoms with E-state index in [1.165, 1.54) is 6.07 Å². The highest BCUT2D eigenvalue weighted by molar-refractivity contribution is 9.10. The van der Waals surface area contributed by atoms with Crippen LogP contribution in [0.3, 0.4) is 0 Å². The van der Waals surface area contributed by atoms with Crippen LogP contribution in [0.25, 0.3) is 0 Å². The molecule has 0 saturated heterocycles. The molecule has 0 saturated carbocycles. The molecule has 0 aliphatic rings. The van der Waals surface area contributed by atoms with Gasteiger partial charge in [-0.25, -0.2) is 0 Å². The maximum absolute atomic E-state index is 10.5. The summed E-state index contributed by atoms with van der Waals surface area (Å²) in [5.41, 5.74) is 7.00. The number of hydrogen-bond donors (Lipinski definition) is 1. The van der Waals surface area contributed by atoms with Crippen LogP contribution in [0.15, 0.2) is 45.3 Å². The van der Waals surface area contributed by atoms with E-state index in [1.54, 1.807) is 6.07 Å². The van der Waals surface area contributed by atoms with E-state index in [9.17, 15) is 10.1 Å². The second kappa shape index (κ2) is 5.32. The lowest BCUT2D eigenvalue weighted by atomic mass is 10.1. The highest BCUT2D eigenvalue weighted by atomic mass is 79.9. The Morgan fingerprint density at radius 1 is 1.39 bits per heavy atom. The lowest BCUT2D eigenvalue weighted by molar-refractivity contribution is -0.402. The van der Waals surface area contributed by atoms with Crippen molar-refractivity contribution in [2.75, 3.05) is 0 Å². The number of hydrogen-bond acceptors (Lipinski definition) is 4. The van der Waals surface area contributed by atoms with Crippen LogP contribution in [-0.4, -0.2) is 4.92 Å². The van der Waals surface area contributed by atoms with Crippen LogP contribution in [0.5, 0.6) is 0 Å². The molecule has 2 aromatic rings. The second-order valence-corrected chi connectivity index (χ2v) is 4.79. The normalized spacial score (nSPS) is 12.3. The first-order chi connectivity index (χ1) is 8.56. The number of benzene rings is 1. The molecular weight excluding hydrogens is 300 g/mol. The Labute approximate surface area is 112 Å². The smallest absolute Gasteiger partial charge is 0.404 e. The third kappa shape index (κ3) is 2.96. The molecule has 94 valence electrons. The zero-order valence-electron chi connectivity index (χ0n) is 9.38. The van der Waals surface area contributed by atoms with Gasteiger partial charge < -0.3 is 10.2 Å². The first-order valence-electron chi connectivity index (χ1n) is 5.30. The van der Waals surface area contributed by atoms with E-state index in [4.69, 9.17) is 10.2 Å². The summed E-state index contributed by atoms with van der Waals surface area (Å²) < 4.78 is 6.04. The Morgan fingerprint density at radius 2 is 2.17 bits per heavy atom. The van der Waals surface area contributed by atoms with Crippen molar-refractivity contribution >= 4 is 21.8 Å². The van der Waals surface area contributed by atoms with E-state index in [2.05, 4.69) is 15.9 Å². The van der Waals surface area contributed by atoms with Gasteiger partial charge in [-0.05, 0) is 30.2 Å². The van der Waals surface area contributed by atoms with Crippen LogP contribution >= 0.6 is 15.9 Å². The minimum Gasteiger partial charge on any atom is -0.404 e. The maximum atomic E-state index is 10.5. The molecule has 0 aliphatic carbocycles. The number of nitrogens with two attached hydrogens (primary N) is 1. The van der Waals surface area contributed by atoms with E-state index in [0.717, 1.165) is 10.0 Å². The van der Waals surface area contributed by atoms with E-state index >= 15 is 0 Å². The summed E-state index contributed by atoms with van der Waals surface area (Å²) in [5.74, 6) is 0.136. The Balaban J connectivity index is 2.11. The molecule has 0 radical (unpaired) electrons. The van der Waals surface area contributed by atoms with Gasteiger partial charge in [-0.2, -0.15) is 0 Å². The SMILES string of the molecule is NC(Cc1cccc(Br)c1)c1ccc([N+](=O)[O-])o1. The molecular formula is C12H11BrN2O3. The topological polar surface area (TPSA) is 82.3 Å². The molecule has 1 heterocycles. The van der Waals surface area contributed by atoms with Crippen LogP contribution in [-0.2, 0) is 6.42 Å². The van der Waals surface area contributed by atoms with Gasteiger partial charge in [-0.15, -0.1) is 0 Å². The van der Waals surface area contributed by atoms with Gasteiger partial charge in [-0.3, -0.25) is 10.1 Å². The summed E-state index contributed by atoms with van der Waals surface area (Å²) in [6.45, 7) is 0. The molecule has 18 heavy (non-hydrogen) atoms. The zero-order valence-corrected chi connectivity index (χ0v) is 11.0. The highest BCUT2D eigenvalue weighted by Gasteiger charge is 2.17. The molecule has 1 atom stereocenters.